The number of rotatable bonds is 53. The number of allylic oxidation sites excluding steroid dienone is 16. The van der Waals surface area contributed by atoms with Gasteiger partial charge in [-0.15, -0.1) is 0 Å². The number of esters is 2. The largest absolute Gasteiger partial charge is 0.545 e. The van der Waals surface area contributed by atoms with Crippen LogP contribution in [0.5, 0.6) is 0 Å². The molecule has 418 valence electrons. The van der Waals surface area contributed by atoms with Gasteiger partial charge >= 0.3 is 11.9 Å². The van der Waals surface area contributed by atoms with Crippen LogP contribution < -0.4 is 5.11 Å². The lowest BCUT2D eigenvalue weighted by molar-refractivity contribution is -0.870. The van der Waals surface area contributed by atoms with Crippen molar-refractivity contribution in [2.75, 3.05) is 47.5 Å². The molecular formula is C64H109NO8. The highest BCUT2D eigenvalue weighted by molar-refractivity contribution is 5.70. The SMILES string of the molecule is CC/C=C\C/C=C\C/C=C\C/C=C\C/C=C\C/C=C\CCCCC(=O)OC(COC(=O)CCCCCCCCCCCCCCCCC/C=C\C/C=C\CCCCCCC)COC(OCC[N+](C)(C)C)C(=O)[O-]. The molecule has 0 fully saturated rings. The van der Waals surface area contributed by atoms with Crippen molar-refractivity contribution >= 4 is 17.9 Å². The van der Waals surface area contributed by atoms with Crippen LogP contribution in [0.2, 0.25) is 0 Å². The summed E-state index contributed by atoms with van der Waals surface area (Å²) in [5.74, 6) is -2.35. The van der Waals surface area contributed by atoms with Gasteiger partial charge in [-0.05, 0) is 96.3 Å². The Hall–Kier alpha value is -3.79. The molecule has 9 nitrogen and oxygen atoms in total. The molecule has 0 saturated carbocycles. The zero-order valence-corrected chi connectivity index (χ0v) is 47.5. The fourth-order valence-corrected chi connectivity index (χ4v) is 7.80. The number of ether oxygens (including phenoxy) is 4. The van der Waals surface area contributed by atoms with Gasteiger partial charge in [0.2, 0.25) is 0 Å². The van der Waals surface area contributed by atoms with E-state index < -0.39 is 24.3 Å². The molecule has 0 radical (unpaired) electrons. The molecule has 0 spiro atoms. The molecule has 0 N–H and O–H groups in total. The van der Waals surface area contributed by atoms with Crippen LogP contribution in [0.1, 0.15) is 232 Å². The summed E-state index contributed by atoms with van der Waals surface area (Å²) in [6.45, 7) is 4.57. The molecule has 0 aromatic carbocycles. The van der Waals surface area contributed by atoms with E-state index in [2.05, 4.69) is 111 Å². The summed E-state index contributed by atoms with van der Waals surface area (Å²) in [5.41, 5.74) is 0. The Kier molecular flexibility index (Phi) is 51.6. The highest BCUT2D eigenvalue weighted by Gasteiger charge is 2.22. The molecule has 9 heteroatoms. The van der Waals surface area contributed by atoms with E-state index in [0.29, 0.717) is 17.4 Å². The molecule has 73 heavy (non-hydrogen) atoms. The first-order valence-corrected chi connectivity index (χ1v) is 29.4. The molecule has 0 bridgehead atoms. The molecule has 0 rings (SSSR count). The van der Waals surface area contributed by atoms with Crippen LogP contribution in [-0.4, -0.2) is 82.3 Å². The molecule has 0 aromatic heterocycles. The summed E-state index contributed by atoms with van der Waals surface area (Å²) in [6.07, 6.45) is 70.3. The maximum atomic E-state index is 12.8. The van der Waals surface area contributed by atoms with Gasteiger partial charge in [0.05, 0.1) is 40.3 Å². The molecule has 0 aliphatic carbocycles. The number of aliphatic carboxylic acids is 1. The zero-order chi connectivity index (χ0) is 53.4. The summed E-state index contributed by atoms with van der Waals surface area (Å²) >= 11 is 0. The molecule has 2 unspecified atom stereocenters. The van der Waals surface area contributed by atoms with Gasteiger partial charge in [0.25, 0.3) is 0 Å². The standard InChI is InChI=1S/C64H109NO8/c1-6-8-10-12-14-16-18-20-22-24-26-28-29-30-31-32-33-35-36-38-40-42-44-46-48-50-52-54-61(66)71-58-60(59-72-64(63(68)69)70-57-56-65(3,4)5)73-62(67)55-53-51-49-47-45-43-41-39-37-34-27-25-23-21-19-17-15-13-11-9-7-2/h9,11,15,17-18,20-21,23-24,26-27,34,39,41,45,47,60,64H,6-8,10,12-14,16,19,22,25,28-33,35-38,40,42-44,46,48-59H2,1-5H3/b11-9-,17-15-,20-18-,23-21-,26-24-,34-27-,41-39-,47-45-. The summed E-state index contributed by atoms with van der Waals surface area (Å²) < 4.78 is 22.6. The van der Waals surface area contributed by atoms with Crippen LogP contribution in [-0.2, 0) is 33.3 Å². The third kappa shape index (κ3) is 55.8. The molecule has 2 atom stereocenters. The highest BCUT2D eigenvalue weighted by Crippen LogP contribution is 2.15. The van der Waals surface area contributed by atoms with E-state index in [1.165, 1.54) is 122 Å². The number of carbonyl (C=O) groups is 3. The number of likely N-dealkylation sites (N-methyl/N-ethyl adjacent to an activating group) is 1. The minimum Gasteiger partial charge on any atom is -0.545 e. The molecule has 0 aromatic rings. The average molecular weight is 1020 g/mol. The first-order chi connectivity index (χ1) is 35.6. The number of hydrogen-bond acceptors (Lipinski definition) is 8. The lowest BCUT2D eigenvalue weighted by Crippen LogP contribution is -2.44. The number of quaternary nitrogens is 1. The number of carboxylic acid groups (broad SMARTS) is 1. The monoisotopic (exact) mass is 1020 g/mol. The molecule has 0 aliphatic rings. The van der Waals surface area contributed by atoms with Crippen LogP contribution in [0.4, 0.5) is 0 Å². The lowest BCUT2D eigenvalue weighted by atomic mass is 10.0. The molecule has 0 aliphatic heterocycles. The third-order valence-corrected chi connectivity index (χ3v) is 12.3. The van der Waals surface area contributed by atoms with Crippen LogP contribution in [0.25, 0.3) is 0 Å². The summed E-state index contributed by atoms with van der Waals surface area (Å²) in [6, 6.07) is 0. The number of carbonyl (C=O) groups excluding carboxylic acids is 3. The number of hydrogen-bond donors (Lipinski definition) is 0. The average Bonchev–Trinajstić information content (AvgIpc) is 3.36. The molecule has 0 amide bonds. The Morgan fingerprint density at radius 3 is 1.19 bits per heavy atom. The first kappa shape index (κ1) is 69.2. The minimum absolute atomic E-state index is 0.135. The minimum atomic E-state index is -1.64. The second-order valence-corrected chi connectivity index (χ2v) is 20.5. The van der Waals surface area contributed by atoms with Crippen molar-refractivity contribution in [2.24, 2.45) is 0 Å². The number of carboxylic acids is 1. The fraction of sp³-hybridized carbons (Fsp3) is 0.703. The van der Waals surface area contributed by atoms with Crippen LogP contribution >= 0.6 is 0 Å². The van der Waals surface area contributed by atoms with Gasteiger partial charge in [-0.25, -0.2) is 0 Å². The predicted molar refractivity (Wildman–Crippen MR) is 306 cm³/mol. The second-order valence-electron chi connectivity index (χ2n) is 20.5. The van der Waals surface area contributed by atoms with Crippen LogP contribution in [0.15, 0.2) is 97.2 Å². The highest BCUT2D eigenvalue weighted by atomic mass is 16.7. The van der Waals surface area contributed by atoms with E-state index in [9.17, 15) is 19.5 Å². The van der Waals surface area contributed by atoms with Crippen LogP contribution in [0.3, 0.4) is 0 Å². The first-order valence-electron chi connectivity index (χ1n) is 29.4. The Morgan fingerprint density at radius 1 is 0.425 bits per heavy atom. The molecule has 0 heterocycles. The Balaban J connectivity index is 4.29. The summed E-state index contributed by atoms with van der Waals surface area (Å²) in [5, 5.41) is 11.8. The Morgan fingerprint density at radius 2 is 0.781 bits per heavy atom. The quantitative estimate of drug-likeness (QED) is 0.0195. The van der Waals surface area contributed by atoms with E-state index in [0.717, 1.165) is 77.0 Å². The van der Waals surface area contributed by atoms with Crippen LogP contribution in [0, 0.1) is 0 Å². The van der Waals surface area contributed by atoms with E-state index in [1.807, 2.05) is 21.1 Å². The second kappa shape index (κ2) is 54.5. The topological polar surface area (TPSA) is 111 Å². The van der Waals surface area contributed by atoms with Gasteiger partial charge in [0.15, 0.2) is 12.4 Å². The van der Waals surface area contributed by atoms with Crippen molar-refractivity contribution in [3.8, 4) is 0 Å². The number of nitrogens with zero attached hydrogens (tertiary/aromatic N) is 1. The predicted octanol–water partition coefficient (Wildman–Crippen LogP) is 16.0. The zero-order valence-electron chi connectivity index (χ0n) is 47.5. The van der Waals surface area contributed by atoms with E-state index >= 15 is 0 Å². The van der Waals surface area contributed by atoms with Crippen molar-refractivity contribution in [3.63, 3.8) is 0 Å². The molecule has 0 saturated heterocycles. The summed E-state index contributed by atoms with van der Waals surface area (Å²) in [7, 11) is 5.90. The molecular weight excluding hydrogens is 911 g/mol. The third-order valence-electron chi connectivity index (χ3n) is 12.3. The van der Waals surface area contributed by atoms with Crippen molar-refractivity contribution in [1.29, 1.82) is 0 Å². The van der Waals surface area contributed by atoms with Gasteiger partial charge in [0.1, 0.15) is 13.2 Å². The maximum Gasteiger partial charge on any atom is 0.306 e. The number of unbranched alkanes of at least 4 members (excludes halogenated alkanes) is 22. The van der Waals surface area contributed by atoms with Crippen molar-refractivity contribution in [2.45, 2.75) is 245 Å². The lowest BCUT2D eigenvalue weighted by Gasteiger charge is -2.26. The van der Waals surface area contributed by atoms with Gasteiger partial charge in [0, 0.05) is 12.8 Å². The smallest absolute Gasteiger partial charge is 0.306 e. The van der Waals surface area contributed by atoms with Gasteiger partial charge in [-0.2, -0.15) is 0 Å². The fourth-order valence-electron chi connectivity index (χ4n) is 7.80. The van der Waals surface area contributed by atoms with Crippen molar-refractivity contribution < 1.29 is 42.9 Å². The maximum absolute atomic E-state index is 12.8. The van der Waals surface area contributed by atoms with Crippen molar-refractivity contribution in [3.05, 3.63) is 97.2 Å². The Labute approximate surface area is 448 Å². The van der Waals surface area contributed by atoms with E-state index in [1.54, 1.807) is 0 Å². The van der Waals surface area contributed by atoms with Crippen molar-refractivity contribution in [1.82, 2.24) is 0 Å². The Bertz CT molecular complexity index is 1520. The summed E-state index contributed by atoms with van der Waals surface area (Å²) in [4.78, 5) is 37.3. The normalized spacial score (nSPS) is 13.5. The van der Waals surface area contributed by atoms with Gasteiger partial charge in [-0.3, -0.25) is 9.59 Å². The van der Waals surface area contributed by atoms with Gasteiger partial charge in [-0.1, -0.05) is 220 Å². The van der Waals surface area contributed by atoms with Gasteiger partial charge < -0.3 is 33.3 Å². The van der Waals surface area contributed by atoms with E-state index in [-0.39, 0.29) is 38.6 Å². The van der Waals surface area contributed by atoms with E-state index in [4.69, 9.17) is 18.9 Å².